The largest absolute Gasteiger partial charge is 1.00 e. The average Bonchev–Trinajstić information content (AvgIpc) is 3.36. The molecule has 0 aliphatic carbocycles. The van der Waals surface area contributed by atoms with Gasteiger partial charge >= 0.3 is 41.3 Å². The van der Waals surface area contributed by atoms with Gasteiger partial charge in [-0.3, -0.25) is 0 Å². The zero-order valence-corrected chi connectivity index (χ0v) is 21.0. The molecular formula is C27H23Cl2Zr-3. The first kappa shape index (κ1) is 24.5. The van der Waals surface area contributed by atoms with E-state index in [1.807, 2.05) is 36.4 Å². The molecule has 0 saturated carbocycles. The molecule has 0 unspecified atom stereocenters. The van der Waals surface area contributed by atoms with Crippen LogP contribution in [-0.4, -0.2) is 3.21 Å². The predicted molar refractivity (Wildman–Crippen MR) is 126 cm³/mol. The van der Waals surface area contributed by atoms with Crippen LogP contribution in [0.25, 0.3) is 32.7 Å². The van der Waals surface area contributed by atoms with Gasteiger partial charge in [-0.15, -0.1) is 51.4 Å². The summed E-state index contributed by atoms with van der Waals surface area (Å²) < 4.78 is 1.51. The molecule has 0 nitrogen and oxygen atoms in total. The SMILES string of the molecule is C[C](C)=[Zr].Clc1ccccc1-c1ccc[cH-]1.[Cl-].c1ccc2c(c1)[cH-]c1ccccc12. The Labute approximate surface area is 205 Å². The van der Waals surface area contributed by atoms with Crippen LogP contribution in [0, 0.1) is 0 Å². The van der Waals surface area contributed by atoms with Gasteiger partial charge in [-0.2, -0.15) is 18.2 Å². The Morgan fingerprint density at radius 3 is 1.73 bits per heavy atom. The molecule has 0 bridgehead atoms. The number of hydrogen-bond acceptors (Lipinski definition) is 0. The van der Waals surface area contributed by atoms with Crippen molar-refractivity contribution in [3.8, 4) is 11.1 Å². The van der Waals surface area contributed by atoms with Crippen LogP contribution in [0.2, 0.25) is 5.02 Å². The van der Waals surface area contributed by atoms with E-state index in [2.05, 4.69) is 80.6 Å². The Balaban J connectivity index is 0.000000178. The maximum atomic E-state index is 6.02. The number of halogens is 2. The van der Waals surface area contributed by atoms with Gasteiger partial charge in [0.2, 0.25) is 0 Å². The average molecular weight is 510 g/mol. The third kappa shape index (κ3) is 6.61. The van der Waals surface area contributed by atoms with Gasteiger partial charge in [-0.1, -0.05) is 77.8 Å². The molecule has 0 atom stereocenters. The van der Waals surface area contributed by atoms with E-state index >= 15 is 0 Å². The Kier molecular flexibility index (Phi) is 9.92. The minimum atomic E-state index is 0. The van der Waals surface area contributed by atoms with Gasteiger partial charge in [-0.05, 0) is 0 Å². The van der Waals surface area contributed by atoms with Crippen LogP contribution in [0.4, 0.5) is 0 Å². The van der Waals surface area contributed by atoms with Gasteiger partial charge in [0.1, 0.15) is 0 Å². The van der Waals surface area contributed by atoms with Gasteiger partial charge in [0.25, 0.3) is 0 Å². The van der Waals surface area contributed by atoms with Gasteiger partial charge in [0, 0.05) is 5.02 Å². The summed E-state index contributed by atoms with van der Waals surface area (Å²) in [6.07, 6.45) is 0. The maximum absolute atomic E-state index is 6.02. The second-order valence-corrected chi connectivity index (χ2v) is 9.84. The second kappa shape index (κ2) is 12.2. The molecule has 0 saturated heterocycles. The first-order valence-electron chi connectivity index (χ1n) is 9.58. The van der Waals surface area contributed by atoms with Crippen molar-refractivity contribution in [2.45, 2.75) is 13.8 Å². The minimum Gasteiger partial charge on any atom is -1.00 e. The molecule has 0 radical (unpaired) electrons. The summed E-state index contributed by atoms with van der Waals surface area (Å²) in [6.45, 7) is 4.25. The van der Waals surface area contributed by atoms with E-state index < -0.39 is 0 Å². The van der Waals surface area contributed by atoms with Crippen molar-refractivity contribution in [1.29, 1.82) is 0 Å². The van der Waals surface area contributed by atoms with E-state index in [9.17, 15) is 0 Å². The van der Waals surface area contributed by atoms with Crippen LogP contribution < -0.4 is 12.4 Å². The van der Waals surface area contributed by atoms with Crippen LogP contribution in [0.5, 0.6) is 0 Å². The van der Waals surface area contributed by atoms with Gasteiger partial charge < -0.3 is 12.4 Å². The van der Waals surface area contributed by atoms with Crippen molar-refractivity contribution < 1.29 is 36.6 Å². The fourth-order valence-corrected chi connectivity index (χ4v) is 3.40. The summed E-state index contributed by atoms with van der Waals surface area (Å²) in [5, 5.41) is 6.20. The topological polar surface area (TPSA) is 0 Å². The molecule has 5 rings (SSSR count). The quantitative estimate of drug-likeness (QED) is 0.273. The molecule has 5 aromatic carbocycles. The molecule has 0 amide bonds. The molecule has 0 aromatic heterocycles. The Bertz CT molecular complexity index is 1150. The molecule has 3 heteroatoms. The van der Waals surface area contributed by atoms with Crippen LogP contribution in [0.1, 0.15) is 13.8 Å². The molecule has 5 aromatic rings. The summed E-state index contributed by atoms with van der Waals surface area (Å²) >= 11 is 7.57. The Morgan fingerprint density at radius 1 is 0.733 bits per heavy atom. The van der Waals surface area contributed by atoms with E-state index in [4.69, 9.17) is 11.6 Å². The predicted octanol–water partition coefficient (Wildman–Crippen LogP) is 5.19. The van der Waals surface area contributed by atoms with Gasteiger partial charge in [0.15, 0.2) is 0 Å². The third-order valence-corrected chi connectivity index (χ3v) is 4.70. The molecule has 0 aliphatic heterocycles. The molecule has 0 fully saturated rings. The zero-order chi connectivity index (χ0) is 20.6. The van der Waals surface area contributed by atoms with Crippen molar-refractivity contribution in [2.75, 3.05) is 0 Å². The first-order valence-corrected chi connectivity index (χ1v) is 11.2. The smallest absolute Gasteiger partial charge is 0.00680 e. The molecule has 0 N–H and O–H groups in total. The first-order chi connectivity index (χ1) is 14.1. The molecule has 0 aliphatic rings. The van der Waals surface area contributed by atoms with Crippen molar-refractivity contribution in [2.24, 2.45) is 0 Å². The van der Waals surface area contributed by atoms with Crippen molar-refractivity contribution >= 4 is 36.4 Å². The number of rotatable bonds is 1. The van der Waals surface area contributed by atoms with Crippen LogP contribution in [0.3, 0.4) is 0 Å². The van der Waals surface area contributed by atoms with E-state index in [-0.39, 0.29) is 12.4 Å². The fourth-order valence-electron chi connectivity index (χ4n) is 3.15. The third-order valence-electron chi connectivity index (χ3n) is 4.37. The summed E-state index contributed by atoms with van der Waals surface area (Å²) in [4.78, 5) is 0. The van der Waals surface area contributed by atoms with Gasteiger partial charge in [-0.25, -0.2) is 0 Å². The molecule has 30 heavy (non-hydrogen) atoms. The summed E-state index contributed by atoms with van der Waals surface area (Å²) in [5.74, 6) is 0. The number of hydrogen-bond donors (Lipinski definition) is 0. The molecule has 0 heterocycles. The van der Waals surface area contributed by atoms with Gasteiger partial charge in [0.05, 0.1) is 0 Å². The fraction of sp³-hybridized carbons (Fsp3) is 0.0741. The van der Waals surface area contributed by atoms with Crippen molar-refractivity contribution in [1.82, 2.24) is 0 Å². The van der Waals surface area contributed by atoms with Crippen LogP contribution in [0.15, 0.2) is 103 Å². The van der Waals surface area contributed by atoms with Crippen molar-refractivity contribution in [3.63, 3.8) is 0 Å². The summed E-state index contributed by atoms with van der Waals surface area (Å²) in [6, 6.07) is 35.3. The normalized spacial score (nSPS) is 9.67. The van der Waals surface area contributed by atoms with Crippen LogP contribution >= 0.6 is 11.6 Å². The summed E-state index contributed by atoms with van der Waals surface area (Å²) in [5.41, 5.74) is 2.28. The molecule has 152 valence electrons. The van der Waals surface area contributed by atoms with Crippen molar-refractivity contribution in [3.05, 3.63) is 108 Å². The standard InChI is InChI=1S/C13H9.C11H8Cl.C3H6.ClH.Zr/c1-3-7-12-10(5-1)9-11-6-2-4-8-13(11)12;12-11-8-4-3-7-10(11)9-5-1-2-6-9;1-3-2;;/h1-9H;1-8H;1-2H3;1H;/q2*-1;;;/p-1. The van der Waals surface area contributed by atoms with E-state index in [0.717, 1.165) is 10.6 Å². The van der Waals surface area contributed by atoms with Crippen LogP contribution in [-0.2, 0) is 24.2 Å². The zero-order valence-electron chi connectivity index (χ0n) is 17.1. The van der Waals surface area contributed by atoms with E-state index in [0.29, 0.717) is 0 Å². The Hall–Kier alpha value is -1.79. The van der Waals surface area contributed by atoms with E-state index in [1.54, 1.807) is 24.2 Å². The molecule has 0 spiro atoms. The second-order valence-electron chi connectivity index (χ2n) is 6.97. The number of benzene rings is 3. The molecular weight excluding hydrogens is 486 g/mol. The Morgan fingerprint density at radius 2 is 1.23 bits per heavy atom. The summed E-state index contributed by atoms with van der Waals surface area (Å²) in [7, 11) is 0. The maximum Gasteiger partial charge on any atom is 0.00680 e. The monoisotopic (exact) mass is 507 g/mol. The number of fused-ring (bicyclic) bond motifs is 3. The minimum absolute atomic E-state index is 0. The van der Waals surface area contributed by atoms with E-state index in [1.165, 1.54) is 30.3 Å².